The molecule has 0 radical (unpaired) electrons. The maximum atomic E-state index is 12.2. The highest BCUT2D eigenvalue weighted by Gasteiger charge is 2.49. The molecule has 0 aromatic carbocycles. The normalized spacial score (nSPS) is 21.2. The Kier molecular flexibility index (Phi) is 4.59. The highest BCUT2D eigenvalue weighted by atomic mass is 16.5. The number of rotatable bonds is 5. The largest absolute Gasteiger partial charge is 0.468 e. The number of ether oxygens (including phenoxy) is 1. The maximum absolute atomic E-state index is 12.2. The van der Waals surface area contributed by atoms with Crippen LogP contribution in [0.5, 0.6) is 0 Å². The molecule has 1 N–H and O–H groups in total. The van der Waals surface area contributed by atoms with Crippen LogP contribution in [0, 0.1) is 5.41 Å². The smallest absolute Gasteiger partial charge is 0.327 e. The third kappa shape index (κ3) is 3.17. The lowest BCUT2D eigenvalue weighted by Crippen LogP contribution is -2.60. The third-order valence-corrected chi connectivity index (χ3v) is 3.44. The van der Waals surface area contributed by atoms with Crippen molar-refractivity contribution >= 4 is 17.8 Å². The molecule has 1 fully saturated rings. The van der Waals surface area contributed by atoms with Crippen molar-refractivity contribution in [3.05, 3.63) is 0 Å². The topological polar surface area (TPSA) is 75.7 Å². The van der Waals surface area contributed by atoms with E-state index in [1.54, 1.807) is 20.8 Å². The second kappa shape index (κ2) is 5.52. The molecule has 1 aliphatic heterocycles. The Morgan fingerprint density at radius 2 is 2.00 bits per heavy atom. The van der Waals surface area contributed by atoms with Gasteiger partial charge in [0.2, 0.25) is 11.8 Å². The molecule has 0 bridgehead atoms. The first kappa shape index (κ1) is 16.6. The first-order valence-corrected chi connectivity index (χ1v) is 6.74. The minimum absolute atomic E-state index is 0.0138. The van der Waals surface area contributed by atoms with Gasteiger partial charge in [0.15, 0.2) is 0 Å². The first-order valence-electron chi connectivity index (χ1n) is 6.74. The number of carbonyl (C=O) groups is 3. The van der Waals surface area contributed by atoms with Gasteiger partial charge >= 0.3 is 5.97 Å². The second-order valence-corrected chi connectivity index (χ2v) is 6.47. The number of nitrogens with zero attached hydrogens (tertiary/aromatic N) is 1. The van der Waals surface area contributed by atoms with E-state index >= 15 is 0 Å². The number of methoxy groups -OCH3 is 1. The number of imide groups is 1. The van der Waals surface area contributed by atoms with Crippen LogP contribution in [0.2, 0.25) is 0 Å². The lowest BCUT2D eigenvalue weighted by molar-refractivity contribution is -0.151. The number of hydrogen-bond acceptors (Lipinski definition) is 5. The van der Waals surface area contributed by atoms with Gasteiger partial charge in [0.05, 0.1) is 19.1 Å². The lowest BCUT2D eigenvalue weighted by Gasteiger charge is -2.33. The van der Waals surface area contributed by atoms with Gasteiger partial charge in [-0.3, -0.25) is 19.8 Å². The van der Waals surface area contributed by atoms with E-state index in [4.69, 9.17) is 4.74 Å². The van der Waals surface area contributed by atoms with Crippen LogP contribution < -0.4 is 5.32 Å². The van der Waals surface area contributed by atoms with E-state index in [2.05, 4.69) is 5.32 Å². The number of likely N-dealkylation sites (tertiary alicyclic amines) is 1. The zero-order valence-corrected chi connectivity index (χ0v) is 13.1. The van der Waals surface area contributed by atoms with Crippen LogP contribution in [-0.2, 0) is 19.1 Å². The molecule has 1 heterocycles. The summed E-state index contributed by atoms with van der Waals surface area (Å²) in [6.45, 7) is 8.87. The zero-order valence-electron chi connectivity index (χ0n) is 13.1. The monoisotopic (exact) mass is 284 g/mol. The number of nitrogens with one attached hydrogen (secondary N) is 1. The summed E-state index contributed by atoms with van der Waals surface area (Å²) in [7, 11) is 1.29. The Bertz CT molecular complexity index is 431. The molecule has 20 heavy (non-hydrogen) atoms. The molecule has 2 amide bonds. The van der Waals surface area contributed by atoms with E-state index in [1.165, 1.54) is 7.11 Å². The summed E-state index contributed by atoms with van der Waals surface area (Å²) < 4.78 is 4.80. The van der Waals surface area contributed by atoms with E-state index in [0.717, 1.165) is 4.90 Å². The summed E-state index contributed by atoms with van der Waals surface area (Å²) in [5, 5.41) is 3.08. The van der Waals surface area contributed by atoms with Crippen LogP contribution in [0.3, 0.4) is 0 Å². The van der Waals surface area contributed by atoms with Crippen molar-refractivity contribution in [2.75, 3.05) is 13.7 Å². The van der Waals surface area contributed by atoms with Crippen LogP contribution in [0.4, 0.5) is 0 Å². The molecule has 0 aromatic rings. The van der Waals surface area contributed by atoms with Crippen molar-refractivity contribution in [3.63, 3.8) is 0 Å². The van der Waals surface area contributed by atoms with Crippen LogP contribution >= 0.6 is 0 Å². The molecule has 6 heteroatoms. The van der Waals surface area contributed by atoms with Crippen LogP contribution in [0.15, 0.2) is 0 Å². The molecule has 0 aliphatic carbocycles. The molecule has 1 rings (SSSR count). The molecule has 0 aromatic heterocycles. The second-order valence-electron chi connectivity index (χ2n) is 6.47. The third-order valence-electron chi connectivity index (χ3n) is 3.44. The summed E-state index contributed by atoms with van der Waals surface area (Å²) in [5.74, 6) is -0.986. The van der Waals surface area contributed by atoms with Gasteiger partial charge in [-0.05, 0) is 20.8 Å². The maximum Gasteiger partial charge on any atom is 0.327 e. The molecule has 1 aliphatic rings. The fraction of sp³-hybridized carbons (Fsp3) is 0.786. The molecular formula is C14H24N2O4. The molecule has 6 nitrogen and oxygen atoms in total. The van der Waals surface area contributed by atoms with Gasteiger partial charge in [-0.2, -0.15) is 0 Å². The van der Waals surface area contributed by atoms with Crippen molar-refractivity contribution in [1.82, 2.24) is 10.2 Å². The van der Waals surface area contributed by atoms with E-state index in [0.29, 0.717) is 0 Å². The minimum atomic E-state index is -1.10. The van der Waals surface area contributed by atoms with E-state index < -0.39 is 16.9 Å². The van der Waals surface area contributed by atoms with Crippen molar-refractivity contribution in [1.29, 1.82) is 0 Å². The van der Waals surface area contributed by atoms with E-state index in [-0.39, 0.29) is 30.8 Å². The average Bonchev–Trinajstić information content (AvgIpc) is 2.49. The van der Waals surface area contributed by atoms with Gasteiger partial charge in [-0.25, -0.2) is 4.79 Å². The molecule has 0 spiro atoms. The van der Waals surface area contributed by atoms with Gasteiger partial charge in [0, 0.05) is 12.5 Å². The molecule has 1 atom stereocenters. The van der Waals surface area contributed by atoms with Crippen molar-refractivity contribution < 1.29 is 19.1 Å². The Hall–Kier alpha value is -1.43. The number of hydrogen-bond donors (Lipinski definition) is 1. The van der Waals surface area contributed by atoms with Crippen molar-refractivity contribution in [3.8, 4) is 0 Å². The average molecular weight is 284 g/mol. The molecule has 0 saturated carbocycles. The quantitative estimate of drug-likeness (QED) is 0.594. The predicted octanol–water partition coefficient (Wildman–Crippen LogP) is 0.701. The van der Waals surface area contributed by atoms with Crippen molar-refractivity contribution in [2.45, 2.75) is 52.6 Å². The van der Waals surface area contributed by atoms with E-state index in [1.807, 2.05) is 13.8 Å². The van der Waals surface area contributed by atoms with Gasteiger partial charge in [-0.1, -0.05) is 13.8 Å². The van der Waals surface area contributed by atoms with Gasteiger partial charge in [-0.15, -0.1) is 0 Å². The lowest BCUT2D eigenvalue weighted by atomic mass is 9.92. The highest BCUT2D eigenvalue weighted by Crippen LogP contribution is 2.32. The summed E-state index contributed by atoms with van der Waals surface area (Å²) in [6.07, 6.45) is 0.171. The SMILES string of the molecule is COC(=O)C(C)(CN1C(=O)CC(C)(C)C1=O)NC(C)C. The Morgan fingerprint density at radius 1 is 1.45 bits per heavy atom. The van der Waals surface area contributed by atoms with Crippen LogP contribution in [0.1, 0.15) is 41.0 Å². The van der Waals surface area contributed by atoms with Crippen LogP contribution in [-0.4, -0.2) is 47.9 Å². The fourth-order valence-electron chi connectivity index (χ4n) is 2.54. The van der Waals surface area contributed by atoms with Crippen LogP contribution in [0.25, 0.3) is 0 Å². The summed E-state index contributed by atoms with van der Waals surface area (Å²) in [5.41, 5.74) is -1.80. The zero-order chi connectivity index (χ0) is 15.7. The Balaban J connectivity index is 2.99. The minimum Gasteiger partial charge on any atom is -0.468 e. The molecule has 1 saturated heterocycles. The summed E-state index contributed by atoms with van der Waals surface area (Å²) >= 11 is 0. The molecule has 114 valence electrons. The van der Waals surface area contributed by atoms with Crippen molar-refractivity contribution in [2.24, 2.45) is 5.41 Å². The number of carbonyl (C=O) groups excluding carboxylic acids is 3. The standard InChI is InChI=1S/C14H24N2O4/c1-9(2)15-14(5,12(19)20-6)8-16-10(17)7-13(3,4)11(16)18/h9,15H,7-8H2,1-6H3. The molecular weight excluding hydrogens is 260 g/mol. The Labute approximate surface area is 119 Å². The van der Waals surface area contributed by atoms with Gasteiger partial charge < -0.3 is 4.74 Å². The number of amides is 2. The van der Waals surface area contributed by atoms with Gasteiger partial charge in [0.1, 0.15) is 5.54 Å². The predicted molar refractivity (Wildman–Crippen MR) is 73.8 cm³/mol. The molecule has 1 unspecified atom stereocenters. The van der Waals surface area contributed by atoms with Gasteiger partial charge in [0.25, 0.3) is 0 Å². The fourth-order valence-corrected chi connectivity index (χ4v) is 2.54. The number of esters is 1. The summed E-state index contributed by atoms with van der Waals surface area (Å²) in [4.78, 5) is 37.4. The summed E-state index contributed by atoms with van der Waals surface area (Å²) in [6, 6.07) is 0.0138. The van der Waals surface area contributed by atoms with E-state index in [9.17, 15) is 14.4 Å². The Morgan fingerprint density at radius 3 is 2.35 bits per heavy atom. The first-order chi connectivity index (χ1) is 9.03. The highest BCUT2D eigenvalue weighted by molar-refractivity contribution is 6.06.